The quantitative estimate of drug-likeness (QED) is 0.141. The zero-order valence-corrected chi connectivity index (χ0v) is 26.9. The van der Waals surface area contributed by atoms with E-state index in [1.807, 2.05) is 23.1 Å². The molecule has 0 aliphatic rings. The van der Waals surface area contributed by atoms with E-state index in [4.69, 9.17) is 0 Å². The smallest absolute Gasteiger partial charge is 0.321 e. The zero-order valence-electron chi connectivity index (χ0n) is 26.9. The topological polar surface area (TPSA) is 38.8 Å². The molecule has 0 unspecified atom stereocenters. The second kappa shape index (κ2) is 17.2. The van der Waals surface area contributed by atoms with Gasteiger partial charge in [0.1, 0.15) is 0 Å². The highest BCUT2D eigenvalue weighted by Gasteiger charge is 2.16. The summed E-state index contributed by atoms with van der Waals surface area (Å²) in [5, 5.41) is 3.14. The van der Waals surface area contributed by atoms with Gasteiger partial charge >= 0.3 is 6.03 Å². The first-order valence-electron chi connectivity index (χ1n) is 16.1. The fourth-order valence-corrected chi connectivity index (χ4v) is 5.26. The SMILES string of the molecule is CCN(CC)CCN(CCN(CC)CC)C(=O)Nc1ccc(-c2ccc(/C=C/c3ccc(-c4ccccc4)cc3)cc2)cc1. The predicted octanol–water partition coefficient (Wildman–Crippen LogP) is 8.71. The summed E-state index contributed by atoms with van der Waals surface area (Å²) in [7, 11) is 0. The molecule has 0 fully saturated rings. The summed E-state index contributed by atoms with van der Waals surface area (Å²) < 4.78 is 0. The van der Waals surface area contributed by atoms with Crippen molar-refractivity contribution < 1.29 is 4.79 Å². The first kappa shape index (κ1) is 32.7. The van der Waals surface area contributed by atoms with Gasteiger partial charge in [-0.1, -0.05) is 131 Å². The minimum absolute atomic E-state index is 0.0390. The van der Waals surface area contributed by atoms with Crippen LogP contribution in [0.3, 0.4) is 0 Å². The van der Waals surface area contributed by atoms with Gasteiger partial charge in [-0.2, -0.15) is 0 Å². The van der Waals surface area contributed by atoms with Crippen LogP contribution >= 0.6 is 0 Å². The number of nitrogens with one attached hydrogen (secondary N) is 1. The van der Waals surface area contributed by atoms with E-state index < -0.39 is 0 Å². The Balaban J connectivity index is 1.34. The van der Waals surface area contributed by atoms with Crippen LogP contribution < -0.4 is 5.32 Å². The van der Waals surface area contributed by atoms with Crippen LogP contribution in [0.2, 0.25) is 0 Å². The van der Waals surface area contributed by atoms with Crippen LogP contribution in [0, 0.1) is 0 Å². The number of urea groups is 1. The van der Waals surface area contributed by atoms with Gasteiger partial charge in [0.15, 0.2) is 0 Å². The van der Waals surface area contributed by atoms with Crippen LogP contribution in [-0.4, -0.2) is 73.1 Å². The number of carbonyl (C=O) groups is 1. The highest BCUT2D eigenvalue weighted by molar-refractivity contribution is 5.89. The molecule has 1 N–H and O–H groups in total. The fraction of sp³-hybridized carbons (Fsp3) is 0.308. The van der Waals surface area contributed by atoms with Crippen molar-refractivity contribution in [2.24, 2.45) is 0 Å². The Morgan fingerprint density at radius 1 is 0.523 bits per heavy atom. The number of anilines is 1. The Labute approximate surface area is 264 Å². The number of hydrogen-bond acceptors (Lipinski definition) is 3. The molecular formula is C39H48N4O. The Hall–Kier alpha value is -4.19. The van der Waals surface area contributed by atoms with Gasteiger partial charge in [-0.25, -0.2) is 4.79 Å². The Morgan fingerprint density at radius 3 is 1.32 bits per heavy atom. The summed E-state index contributed by atoms with van der Waals surface area (Å²) in [5.41, 5.74) is 7.85. The van der Waals surface area contributed by atoms with Crippen molar-refractivity contribution in [2.45, 2.75) is 27.7 Å². The van der Waals surface area contributed by atoms with Crippen LogP contribution in [-0.2, 0) is 0 Å². The standard InChI is InChI=1S/C39H48N4O/c1-5-41(6-2)28-30-43(31-29-42(7-3)8-4)39(44)40-38-26-24-37(25-27-38)36-22-18-33(19-23-36)15-14-32-16-20-35(21-17-32)34-12-10-9-11-13-34/h9-27H,5-8,28-31H2,1-4H3,(H,40,44)/b15-14+. The van der Waals surface area contributed by atoms with E-state index >= 15 is 0 Å². The third-order valence-corrected chi connectivity index (χ3v) is 8.31. The number of rotatable bonds is 15. The van der Waals surface area contributed by atoms with Crippen molar-refractivity contribution in [3.8, 4) is 22.3 Å². The number of amides is 2. The molecule has 0 spiro atoms. The molecule has 4 aromatic carbocycles. The highest BCUT2D eigenvalue weighted by Crippen LogP contribution is 2.24. The van der Waals surface area contributed by atoms with E-state index in [9.17, 15) is 4.79 Å². The van der Waals surface area contributed by atoms with E-state index in [2.05, 4.69) is 140 Å². The van der Waals surface area contributed by atoms with Crippen LogP contribution in [0.4, 0.5) is 10.5 Å². The molecule has 0 heterocycles. The van der Waals surface area contributed by atoms with E-state index in [1.165, 1.54) is 16.7 Å². The maximum Gasteiger partial charge on any atom is 0.321 e. The summed E-state index contributed by atoms with van der Waals surface area (Å²) in [5.74, 6) is 0. The lowest BCUT2D eigenvalue weighted by atomic mass is 10.0. The van der Waals surface area contributed by atoms with Gasteiger partial charge < -0.3 is 20.0 Å². The molecule has 0 aliphatic heterocycles. The molecule has 0 bridgehead atoms. The highest BCUT2D eigenvalue weighted by atomic mass is 16.2. The van der Waals surface area contributed by atoms with Gasteiger partial charge in [-0.05, 0) is 71.7 Å². The number of nitrogens with zero attached hydrogens (tertiary/aromatic N) is 3. The summed E-state index contributed by atoms with van der Waals surface area (Å²) in [6.07, 6.45) is 4.29. The molecule has 0 saturated heterocycles. The summed E-state index contributed by atoms with van der Waals surface area (Å²) >= 11 is 0. The molecule has 4 aromatic rings. The lowest BCUT2D eigenvalue weighted by molar-refractivity contribution is 0.183. The Bertz CT molecular complexity index is 1410. The van der Waals surface area contributed by atoms with Crippen LogP contribution in [0.1, 0.15) is 38.8 Å². The lowest BCUT2D eigenvalue weighted by Crippen LogP contribution is -2.44. The molecule has 44 heavy (non-hydrogen) atoms. The average molecular weight is 589 g/mol. The molecule has 0 atom stereocenters. The van der Waals surface area contributed by atoms with Crippen LogP contribution in [0.15, 0.2) is 103 Å². The van der Waals surface area contributed by atoms with E-state index in [0.717, 1.165) is 61.6 Å². The van der Waals surface area contributed by atoms with Crippen LogP contribution in [0.25, 0.3) is 34.4 Å². The second-order valence-corrected chi connectivity index (χ2v) is 11.0. The summed E-state index contributed by atoms with van der Waals surface area (Å²) in [4.78, 5) is 20.0. The van der Waals surface area contributed by atoms with Gasteiger partial charge in [-0.15, -0.1) is 0 Å². The number of carbonyl (C=O) groups excluding carboxylic acids is 1. The monoisotopic (exact) mass is 588 g/mol. The number of hydrogen-bond donors (Lipinski definition) is 1. The van der Waals surface area contributed by atoms with Crippen molar-refractivity contribution in [3.63, 3.8) is 0 Å². The van der Waals surface area contributed by atoms with Gasteiger partial charge in [-0.3, -0.25) is 0 Å². The molecule has 2 amide bonds. The van der Waals surface area contributed by atoms with Crippen molar-refractivity contribution >= 4 is 23.9 Å². The molecular weight excluding hydrogens is 540 g/mol. The maximum absolute atomic E-state index is 13.3. The van der Waals surface area contributed by atoms with Crippen molar-refractivity contribution in [1.29, 1.82) is 0 Å². The normalized spacial score (nSPS) is 11.4. The van der Waals surface area contributed by atoms with Gasteiger partial charge in [0, 0.05) is 31.9 Å². The second-order valence-electron chi connectivity index (χ2n) is 11.0. The first-order chi connectivity index (χ1) is 21.5. The average Bonchev–Trinajstić information content (AvgIpc) is 3.08. The molecule has 4 rings (SSSR count). The maximum atomic E-state index is 13.3. The predicted molar refractivity (Wildman–Crippen MR) is 189 cm³/mol. The molecule has 230 valence electrons. The van der Waals surface area contributed by atoms with Crippen LogP contribution in [0.5, 0.6) is 0 Å². The van der Waals surface area contributed by atoms with Crippen molar-refractivity contribution in [2.75, 3.05) is 57.7 Å². The lowest BCUT2D eigenvalue weighted by Gasteiger charge is -2.29. The molecule has 5 nitrogen and oxygen atoms in total. The first-order valence-corrected chi connectivity index (χ1v) is 16.1. The number of benzene rings is 4. The van der Waals surface area contributed by atoms with Crippen molar-refractivity contribution in [1.82, 2.24) is 14.7 Å². The molecule has 5 heteroatoms. The third kappa shape index (κ3) is 9.66. The largest absolute Gasteiger partial charge is 0.322 e. The molecule has 0 radical (unpaired) electrons. The van der Waals surface area contributed by atoms with E-state index in [1.54, 1.807) is 0 Å². The van der Waals surface area contributed by atoms with Gasteiger partial charge in [0.05, 0.1) is 0 Å². The van der Waals surface area contributed by atoms with Gasteiger partial charge in [0.2, 0.25) is 0 Å². The Kier molecular flexibility index (Phi) is 12.8. The Morgan fingerprint density at radius 2 is 0.909 bits per heavy atom. The third-order valence-electron chi connectivity index (χ3n) is 8.31. The summed E-state index contributed by atoms with van der Waals surface area (Å²) in [6, 6.07) is 35.8. The molecule has 0 saturated carbocycles. The van der Waals surface area contributed by atoms with E-state index in [-0.39, 0.29) is 6.03 Å². The number of likely N-dealkylation sites (N-methyl/N-ethyl adjacent to an activating group) is 2. The van der Waals surface area contributed by atoms with E-state index in [0.29, 0.717) is 13.1 Å². The van der Waals surface area contributed by atoms with Gasteiger partial charge in [0.25, 0.3) is 0 Å². The summed E-state index contributed by atoms with van der Waals surface area (Å²) in [6.45, 7) is 15.8. The minimum Gasteiger partial charge on any atom is -0.322 e. The fourth-order valence-electron chi connectivity index (χ4n) is 5.26. The molecule has 0 aliphatic carbocycles. The zero-order chi connectivity index (χ0) is 31.1. The molecule has 0 aromatic heterocycles. The minimum atomic E-state index is -0.0390. The van der Waals surface area contributed by atoms with Crippen molar-refractivity contribution in [3.05, 3.63) is 114 Å².